The number of carbonyl (C=O) groups excluding carboxylic acids is 1. The second-order valence-corrected chi connectivity index (χ2v) is 8.53. The number of nitrogens with zero attached hydrogens (tertiary/aromatic N) is 2. The van der Waals surface area contributed by atoms with Crippen LogP contribution in [0.4, 0.5) is 13.2 Å². The third-order valence-electron chi connectivity index (χ3n) is 5.13. The molecular weight excluding hydrogens is 441 g/mol. The Morgan fingerprint density at radius 1 is 1.09 bits per heavy atom. The molecule has 2 aromatic carbocycles. The summed E-state index contributed by atoms with van der Waals surface area (Å²) in [6.45, 7) is 2.89. The topological polar surface area (TPSA) is 51.7 Å². The molecule has 32 heavy (non-hydrogen) atoms. The van der Waals surface area contributed by atoms with Crippen LogP contribution in [0.5, 0.6) is 11.5 Å². The molecule has 0 N–H and O–H groups in total. The molecule has 0 spiro atoms. The van der Waals surface area contributed by atoms with Gasteiger partial charge in [0.25, 0.3) is 5.91 Å². The molecule has 3 aromatic rings. The Morgan fingerprint density at radius 3 is 2.47 bits per heavy atom. The molecule has 0 bridgehead atoms. The molecular formula is C23H21F3N2O3S. The molecule has 2 heterocycles. The summed E-state index contributed by atoms with van der Waals surface area (Å²) in [5.74, 6) is -1.31. The van der Waals surface area contributed by atoms with Gasteiger partial charge in [-0.25, -0.2) is 18.2 Å². The van der Waals surface area contributed by atoms with Crippen LogP contribution in [0.3, 0.4) is 0 Å². The molecule has 1 aliphatic heterocycles. The van der Waals surface area contributed by atoms with E-state index in [0.29, 0.717) is 47.3 Å². The Balaban J connectivity index is 1.32. The van der Waals surface area contributed by atoms with Gasteiger partial charge < -0.3 is 14.4 Å². The normalized spacial score (nSPS) is 14.4. The van der Waals surface area contributed by atoms with Crippen molar-refractivity contribution in [1.29, 1.82) is 0 Å². The average Bonchev–Trinajstić information content (AvgIpc) is 3.16. The van der Waals surface area contributed by atoms with E-state index in [2.05, 4.69) is 4.98 Å². The van der Waals surface area contributed by atoms with Gasteiger partial charge in [0, 0.05) is 32.0 Å². The van der Waals surface area contributed by atoms with Gasteiger partial charge in [-0.15, -0.1) is 11.3 Å². The van der Waals surface area contributed by atoms with E-state index >= 15 is 0 Å². The number of aryl methyl sites for hydroxylation is 1. The summed E-state index contributed by atoms with van der Waals surface area (Å²) in [6.07, 6.45) is 0.836. The first-order chi connectivity index (χ1) is 15.4. The fourth-order valence-electron chi connectivity index (χ4n) is 3.46. The maximum atomic E-state index is 13.8. The van der Waals surface area contributed by atoms with E-state index in [1.807, 2.05) is 0 Å². The number of piperidine rings is 1. The molecule has 5 nitrogen and oxygen atoms in total. The fourth-order valence-corrected chi connectivity index (χ4v) is 4.40. The van der Waals surface area contributed by atoms with E-state index in [0.717, 1.165) is 12.1 Å². The van der Waals surface area contributed by atoms with Crippen LogP contribution in [0.15, 0.2) is 42.5 Å². The maximum absolute atomic E-state index is 13.8. The highest BCUT2D eigenvalue weighted by Crippen LogP contribution is 2.26. The Kier molecular flexibility index (Phi) is 6.64. The van der Waals surface area contributed by atoms with Crippen molar-refractivity contribution in [2.45, 2.75) is 32.5 Å². The number of thiazole rings is 1. The number of carbonyl (C=O) groups is 1. The smallest absolute Gasteiger partial charge is 0.265 e. The van der Waals surface area contributed by atoms with Gasteiger partial charge in [-0.3, -0.25) is 4.79 Å². The Hall–Kier alpha value is -3.07. The summed E-state index contributed by atoms with van der Waals surface area (Å²) in [4.78, 5) is 19.7. The van der Waals surface area contributed by atoms with E-state index < -0.39 is 11.6 Å². The van der Waals surface area contributed by atoms with E-state index in [1.165, 1.54) is 41.7 Å². The first-order valence-corrected chi connectivity index (χ1v) is 11.0. The number of benzene rings is 2. The highest BCUT2D eigenvalue weighted by atomic mass is 32.1. The zero-order chi connectivity index (χ0) is 22.7. The molecule has 1 saturated heterocycles. The number of hydrogen-bond acceptors (Lipinski definition) is 5. The molecule has 0 aliphatic carbocycles. The molecule has 0 radical (unpaired) electrons. The first-order valence-electron chi connectivity index (χ1n) is 10.1. The van der Waals surface area contributed by atoms with Gasteiger partial charge in [0.2, 0.25) is 0 Å². The maximum Gasteiger partial charge on any atom is 0.265 e. The summed E-state index contributed by atoms with van der Waals surface area (Å²) in [5, 5.41) is 0.653. The van der Waals surface area contributed by atoms with Gasteiger partial charge in [0.1, 0.15) is 40.0 Å². The molecule has 1 amide bonds. The lowest BCUT2D eigenvalue weighted by Gasteiger charge is -2.32. The zero-order valence-corrected chi connectivity index (χ0v) is 18.1. The number of ether oxygens (including phenoxy) is 2. The molecule has 0 unspecified atom stereocenters. The van der Waals surface area contributed by atoms with Crippen LogP contribution in [0.1, 0.15) is 33.2 Å². The van der Waals surface area contributed by atoms with E-state index in [4.69, 9.17) is 9.47 Å². The molecule has 9 heteroatoms. The fraction of sp³-hybridized carbons (Fsp3) is 0.304. The van der Waals surface area contributed by atoms with Gasteiger partial charge in [-0.2, -0.15) is 0 Å². The molecule has 0 atom stereocenters. The van der Waals surface area contributed by atoms with Crippen molar-refractivity contribution >= 4 is 17.2 Å². The molecule has 1 aliphatic rings. The Bertz CT molecular complexity index is 1100. The first kappa shape index (κ1) is 22.1. The van der Waals surface area contributed by atoms with Gasteiger partial charge >= 0.3 is 0 Å². The summed E-state index contributed by atoms with van der Waals surface area (Å²) in [7, 11) is 0. The highest BCUT2D eigenvalue weighted by Gasteiger charge is 2.28. The predicted molar refractivity (Wildman–Crippen MR) is 113 cm³/mol. The van der Waals surface area contributed by atoms with Crippen molar-refractivity contribution in [2.75, 3.05) is 13.1 Å². The SMILES string of the molecule is Cc1nc(COc2ccc(F)cc2)sc1C(=O)N1CCC(Oc2ccc(F)cc2F)CC1. The molecule has 0 saturated carbocycles. The zero-order valence-electron chi connectivity index (χ0n) is 17.3. The lowest BCUT2D eigenvalue weighted by atomic mass is 10.1. The molecule has 168 valence electrons. The minimum absolute atomic E-state index is 0.0141. The van der Waals surface area contributed by atoms with Crippen LogP contribution < -0.4 is 9.47 Å². The van der Waals surface area contributed by atoms with Crippen LogP contribution in [-0.4, -0.2) is 35.0 Å². The number of halogens is 3. The standard InChI is InChI=1S/C23H21F3N2O3S/c1-14-22(32-21(27-14)13-30-17-5-2-15(24)3-6-17)23(29)28-10-8-18(9-11-28)31-20-7-4-16(25)12-19(20)26/h2-7,12,18H,8-11,13H2,1H3. The monoisotopic (exact) mass is 462 g/mol. The quantitative estimate of drug-likeness (QED) is 0.510. The van der Waals surface area contributed by atoms with E-state index in [9.17, 15) is 18.0 Å². The van der Waals surface area contributed by atoms with Crippen molar-refractivity contribution in [2.24, 2.45) is 0 Å². The average molecular weight is 462 g/mol. The second-order valence-electron chi connectivity index (χ2n) is 7.45. The number of aromatic nitrogens is 1. The summed E-state index contributed by atoms with van der Waals surface area (Å²) >= 11 is 1.27. The van der Waals surface area contributed by atoms with E-state index in [-0.39, 0.29) is 30.2 Å². The van der Waals surface area contributed by atoms with Crippen molar-refractivity contribution in [1.82, 2.24) is 9.88 Å². The third kappa shape index (κ3) is 5.21. The van der Waals surface area contributed by atoms with Gasteiger partial charge in [0.05, 0.1) is 5.69 Å². The van der Waals surface area contributed by atoms with Gasteiger partial charge in [0.15, 0.2) is 11.6 Å². The van der Waals surface area contributed by atoms with Crippen molar-refractivity contribution in [3.63, 3.8) is 0 Å². The van der Waals surface area contributed by atoms with Crippen LogP contribution >= 0.6 is 11.3 Å². The molecule has 1 fully saturated rings. The number of amides is 1. The van der Waals surface area contributed by atoms with Crippen molar-refractivity contribution in [3.8, 4) is 11.5 Å². The van der Waals surface area contributed by atoms with Crippen LogP contribution in [-0.2, 0) is 6.61 Å². The van der Waals surface area contributed by atoms with Crippen LogP contribution in [0.25, 0.3) is 0 Å². The summed E-state index contributed by atoms with van der Waals surface area (Å²) < 4.78 is 51.1. The highest BCUT2D eigenvalue weighted by molar-refractivity contribution is 7.13. The molecule has 1 aromatic heterocycles. The van der Waals surface area contributed by atoms with Gasteiger partial charge in [-0.1, -0.05) is 0 Å². The number of rotatable bonds is 6. The number of likely N-dealkylation sites (tertiary alicyclic amines) is 1. The van der Waals surface area contributed by atoms with Crippen molar-refractivity contribution in [3.05, 3.63) is 75.5 Å². The van der Waals surface area contributed by atoms with Crippen LogP contribution in [0, 0.1) is 24.4 Å². The second kappa shape index (κ2) is 9.60. The Morgan fingerprint density at radius 2 is 1.78 bits per heavy atom. The summed E-state index contributed by atoms with van der Waals surface area (Å²) in [6, 6.07) is 8.92. The minimum Gasteiger partial charge on any atom is -0.487 e. The lowest BCUT2D eigenvalue weighted by molar-refractivity contribution is 0.0591. The molecule has 4 rings (SSSR count). The summed E-state index contributed by atoms with van der Waals surface area (Å²) in [5.41, 5.74) is 0.629. The lowest BCUT2D eigenvalue weighted by Crippen LogP contribution is -2.41. The van der Waals surface area contributed by atoms with Gasteiger partial charge in [-0.05, 0) is 43.3 Å². The third-order valence-corrected chi connectivity index (χ3v) is 6.25. The Labute approximate surface area is 187 Å². The van der Waals surface area contributed by atoms with Crippen molar-refractivity contribution < 1.29 is 27.4 Å². The largest absolute Gasteiger partial charge is 0.487 e. The number of hydrogen-bond donors (Lipinski definition) is 0. The van der Waals surface area contributed by atoms with Crippen LogP contribution in [0.2, 0.25) is 0 Å². The predicted octanol–water partition coefficient (Wildman–Crippen LogP) is 5.13. The van der Waals surface area contributed by atoms with E-state index in [1.54, 1.807) is 11.8 Å². The minimum atomic E-state index is -0.737.